The number of nitrogens with zero attached hydrogens (tertiary/aromatic N) is 1. The summed E-state index contributed by atoms with van der Waals surface area (Å²) in [5.74, 6) is 1.76. The largest absolute Gasteiger partial charge is 0.497 e. The van der Waals surface area contributed by atoms with Gasteiger partial charge in [0.25, 0.3) is 0 Å². The number of carbonyl (C=O) groups excluding carboxylic acids is 2. The van der Waals surface area contributed by atoms with Gasteiger partial charge in [-0.1, -0.05) is 6.42 Å². The first-order chi connectivity index (χ1) is 12.6. The van der Waals surface area contributed by atoms with Gasteiger partial charge < -0.3 is 19.7 Å². The van der Waals surface area contributed by atoms with Crippen molar-refractivity contribution < 1.29 is 19.1 Å². The van der Waals surface area contributed by atoms with Gasteiger partial charge in [0.05, 0.1) is 20.3 Å². The number of amides is 2. The van der Waals surface area contributed by atoms with Crippen molar-refractivity contribution in [3.05, 3.63) is 23.8 Å². The maximum atomic E-state index is 12.7. The third-order valence-corrected chi connectivity index (χ3v) is 4.81. The number of ether oxygens (including phenoxy) is 2. The van der Waals surface area contributed by atoms with Gasteiger partial charge in [0.2, 0.25) is 11.8 Å². The van der Waals surface area contributed by atoms with Crippen LogP contribution in [0.1, 0.15) is 57.1 Å². The summed E-state index contributed by atoms with van der Waals surface area (Å²) in [6, 6.07) is 5.80. The molecule has 1 saturated heterocycles. The smallest absolute Gasteiger partial charge is 0.223 e. The van der Waals surface area contributed by atoms with E-state index in [1.165, 1.54) is 6.92 Å². The van der Waals surface area contributed by atoms with Crippen molar-refractivity contribution in [3.63, 3.8) is 0 Å². The number of methoxy groups -OCH3 is 2. The highest BCUT2D eigenvalue weighted by atomic mass is 16.5. The average Bonchev–Trinajstić information content (AvgIpc) is 3.13. The Bertz CT molecular complexity index is 618. The number of unbranched alkanes of at least 4 members (excludes halogenated alkanes) is 2. The Hall–Kier alpha value is -2.24. The molecule has 0 bridgehead atoms. The highest BCUT2D eigenvalue weighted by Gasteiger charge is 2.31. The number of likely N-dealkylation sites (tertiary alicyclic amines) is 1. The van der Waals surface area contributed by atoms with Crippen LogP contribution in [0.3, 0.4) is 0 Å². The predicted molar refractivity (Wildman–Crippen MR) is 100 cm³/mol. The van der Waals surface area contributed by atoms with E-state index in [0.717, 1.165) is 55.7 Å². The molecule has 2 rings (SSSR count). The molecule has 1 unspecified atom stereocenters. The fourth-order valence-electron chi connectivity index (χ4n) is 3.47. The van der Waals surface area contributed by atoms with Gasteiger partial charge in [-0.25, -0.2) is 0 Å². The molecule has 0 spiro atoms. The molecule has 1 heterocycles. The first kappa shape index (κ1) is 20.1. The predicted octanol–water partition coefficient (Wildman–Crippen LogP) is 3.06. The van der Waals surface area contributed by atoms with Crippen LogP contribution in [0.5, 0.6) is 11.5 Å². The van der Waals surface area contributed by atoms with Crippen LogP contribution in [0.2, 0.25) is 0 Å². The fourth-order valence-corrected chi connectivity index (χ4v) is 3.47. The summed E-state index contributed by atoms with van der Waals surface area (Å²) >= 11 is 0. The zero-order valence-corrected chi connectivity index (χ0v) is 16.0. The number of hydrogen-bond donors (Lipinski definition) is 1. The Morgan fingerprint density at radius 1 is 1.19 bits per heavy atom. The van der Waals surface area contributed by atoms with Crippen molar-refractivity contribution in [1.82, 2.24) is 10.2 Å². The summed E-state index contributed by atoms with van der Waals surface area (Å²) in [7, 11) is 3.30. The molecule has 1 atom stereocenters. The van der Waals surface area contributed by atoms with E-state index in [-0.39, 0.29) is 17.9 Å². The van der Waals surface area contributed by atoms with E-state index in [2.05, 4.69) is 5.32 Å². The van der Waals surface area contributed by atoms with Crippen LogP contribution in [0, 0.1) is 0 Å². The second-order valence-electron chi connectivity index (χ2n) is 6.65. The van der Waals surface area contributed by atoms with Gasteiger partial charge in [0.15, 0.2) is 0 Å². The molecule has 0 radical (unpaired) electrons. The van der Waals surface area contributed by atoms with Crippen molar-refractivity contribution in [2.75, 3.05) is 27.3 Å². The highest BCUT2D eigenvalue weighted by Crippen LogP contribution is 2.39. The third-order valence-electron chi connectivity index (χ3n) is 4.81. The Morgan fingerprint density at radius 3 is 2.69 bits per heavy atom. The summed E-state index contributed by atoms with van der Waals surface area (Å²) in [4.78, 5) is 25.5. The van der Waals surface area contributed by atoms with E-state index in [4.69, 9.17) is 9.47 Å². The van der Waals surface area contributed by atoms with Crippen molar-refractivity contribution in [2.24, 2.45) is 0 Å². The Balaban J connectivity index is 1.93. The van der Waals surface area contributed by atoms with Crippen LogP contribution in [0.25, 0.3) is 0 Å². The van der Waals surface area contributed by atoms with E-state index in [1.807, 2.05) is 23.1 Å². The molecule has 0 aliphatic carbocycles. The average molecular weight is 362 g/mol. The van der Waals surface area contributed by atoms with Gasteiger partial charge in [0.1, 0.15) is 11.5 Å². The molecule has 1 fully saturated rings. The molecule has 0 saturated carbocycles. The number of rotatable bonds is 9. The molecule has 0 aromatic heterocycles. The highest BCUT2D eigenvalue weighted by molar-refractivity contribution is 5.77. The quantitative estimate of drug-likeness (QED) is 0.686. The molecule has 2 amide bonds. The van der Waals surface area contributed by atoms with Gasteiger partial charge in [-0.3, -0.25) is 9.59 Å². The van der Waals surface area contributed by atoms with Crippen molar-refractivity contribution in [2.45, 2.75) is 51.5 Å². The lowest BCUT2D eigenvalue weighted by atomic mass is 10.0. The van der Waals surface area contributed by atoms with Crippen molar-refractivity contribution in [1.29, 1.82) is 0 Å². The van der Waals surface area contributed by atoms with E-state index in [0.29, 0.717) is 13.0 Å². The van der Waals surface area contributed by atoms with E-state index in [9.17, 15) is 9.59 Å². The minimum absolute atomic E-state index is 0.00628. The first-order valence-electron chi connectivity index (χ1n) is 9.32. The molecule has 144 valence electrons. The monoisotopic (exact) mass is 362 g/mol. The van der Waals surface area contributed by atoms with Crippen molar-refractivity contribution in [3.8, 4) is 11.5 Å². The summed E-state index contributed by atoms with van der Waals surface area (Å²) in [6.45, 7) is 2.98. The number of nitrogens with one attached hydrogen (secondary N) is 1. The minimum atomic E-state index is -0.00628. The zero-order valence-electron chi connectivity index (χ0n) is 16.0. The lowest BCUT2D eigenvalue weighted by Crippen LogP contribution is -2.30. The normalized spacial score (nSPS) is 16.4. The van der Waals surface area contributed by atoms with Crippen LogP contribution in [0.15, 0.2) is 18.2 Å². The Labute approximate surface area is 155 Å². The maximum Gasteiger partial charge on any atom is 0.223 e. The van der Waals surface area contributed by atoms with E-state index >= 15 is 0 Å². The second-order valence-corrected chi connectivity index (χ2v) is 6.65. The molecular formula is C20H30N2O4. The van der Waals surface area contributed by atoms with Crippen LogP contribution in [0.4, 0.5) is 0 Å². The molecule has 1 aromatic rings. The Kier molecular flexibility index (Phi) is 7.75. The maximum absolute atomic E-state index is 12.7. The topological polar surface area (TPSA) is 67.9 Å². The molecule has 1 aliphatic rings. The molecule has 6 nitrogen and oxygen atoms in total. The van der Waals surface area contributed by atoms with Crippen LogP contribution < -0.4 is 14.8 Å². The summed E-state index contributed by atoms with van der Waals surface area (Å²) in [5, 5.41) is 2.78. The lowest BCUT2D eigenvalue weighted by Gasteiger charge is -2.27. The number of carbonyl (C=O) groups is 2. The third kappa shape index (κ3) is 5.38. The molecule has 26 heavy (non-hydrogen) atoms. The summed E-state index contributed by atoms with van der Waals surface area (Å²) in [5.41, 5.74) is 1.02. The molecular weight excluding hydrogens is 332 g/mol. The van der Waals surface area contributed by atoms with Crippen LogP contribution >= 0.6 is 0 Å². The first-order valence-corrected chi connectivity index (χ1v) is 9.32. The Morgan fingerprint density at radius 2 is 2.00 bits per heavy atom. The minimum Gasteiger partial charge on any atom is -0.497 e. The van der Waals surface area contributed by atoms with Crippen LogP contribution in [-0.4, -0.2) is 44.0 Å². The van der Waals surface area contributed by atoms with E-state index < -0.39 is 0 Å². The SMILES string of the molecule is COc1ccc(OC)c(C2CCCN2C(=O)CCCCCNC(C)=O)c1. The second kappa shape index (κ2) is 10.0. The standard InChI is InChI=1S/C20H30N2O4/c1-15(23)21-12-6-4-5-9-20(24)22-13-7-8-18(22)17-14-16(25-2)10-11-19(17)26-3/h10-11,14,18H,4-9,12-13H2,1-3H3,(H,21,23). The van der Waals surface area contributed by atoms with Gasteiger partial charge in [-0.05, 0) is 43.9 Å². The van der Waals surface area contributed by atoms with Gasteiger partial charge in [0, 0.05) is 32.0 Å². The molecule has 1 aliphatic heterocycles. The summed E-state index contributed by atoms with van der Waals surface area (Å²) in [6.07, 6.45) is 5.17. The van der Waals surface area contributed by atoms with E-state index in [1.54, 1.807) is 14.2 Å². The van der Waals surface area contributed by atoms with Gasteiger partial charge in [-0.2, -0.15) is 0 Å². The molecule has 1 aromatic carbocycles. The molecule has 6 heteroatoms. The van der Waals surface area contributed by atoms with Gasteiger partial charge in [-0.15, -0.1) is 0 Å². The number of hydrogen-bond acceptors (Lipinski definition) is 4. The van der Waals surface area contributed by atoms with Crippen LogP contribution in [-0.2, 0) is 9.59 Å². The zero-order chi connectivity index (χ0) is 18.9. The number of benzene rings is 1. The fraction of sp³-hybridized carbons (Fsp3) is 0.600. The molecule has 1 N–H and O–H groups in total. The lowest BCUT2D eigenvalue weighted by molar-refractivity contribution is -0.132. The van der Waals surface area contributed by atoms with Crippen molar-refractivity contribution >= 4 is 11.8 Å². The summed E-state index contributed by atoms with van der Waals surface area (Å²) < 4.78 is 10.8. The van der Waals surface area contributed by atoms with Gasteiger partial charge >= 0.3 is 0 Å².